The van der Waals surface area contributed by atoms with Crippen molar-refractivity contribution in [3.05, 3.63) is 17.2 Å². The Balaban J connectivity index is 2.11. The predicted octanol–water partition coefficient (Wildman–Crippen LogP) is 1.94. The lowest BCUT2D eigenvalue weighted by Crippen LogP contribution is -2.11. The maximum Gasteiger partial charge on any atom is 0.112 e. The third kappa shape index (κ3) is 1.12. The minimum atomic E-state index is 0.557. The fourth-order valence-electron chi connectivity index (χ4n) is 2.31. The molecule has 2 aliphatic rings. The molecule has 2 heterocycles. The van der Waals surface area contributed by atoms with E-state index in [-0.39, 0.29) is 0 Å². The molecule has 1 fully saturated rings. The zero-order chi connectivity index (χ0) is 9.71. The summed E-state index contributed by atoms with van der Waals surface area (Å²) in [5.74, 6) is 1.86. The molecule has 1 N–H and O–H groups in total. The van der Waals surface area contributed by atoms with E-state index in [9.17, 15) is 0 Å². The van der Waals surface area contributed by atoms with Crippen LogP contribution in [0, 0.1) is 0 Å². The first kappa shape index (κ1) is 8.48. The zero-order valence-corrected chi connectivity index (χ0v) is 8.88. The number of nitrogens with one attached hydrogen (secondary N) is 1. The van der Waals surface area contributed by atoms with Crippen molar-refractivity contribution < 1.29 is 0 Å². The second kappa shape index (κ2) is 2.83. The number of fused-ring (bicyclic) bond motifs is 1. The first-order chi connectivity index (χ1) is 6.77. The van der Waals surface area contributed by atoms with Crippen molar-refractivity contribution >= 4 is 0 Å². The summed E-state index contributed by atoms with van der Waals surface area (Å²) >= 11 is 0. The topological polar surface area (TPSA) is 29.9 Å². The van der Waals surface area contributed by atoms with Crippen molar-refractivity contribution in [2.75, 3.05) is 0 Å². The quantitative estimate of drug-likeness (QED) is 0.774. The number of aromatic nitrogens is 2. The second-order valence-electron chi connectivity index (χ2n) is 4.72. The molecule has 0 atom stereocenters. The Bertz CT molecular complexity index is 361. The molecule has 1 aliphatic heterocycles. The number of hydrogen-bond acceptors (Lipinski definition) is 2. The van der Waals surface area contributed by atoms with Gasteiger partial charge in [-0.1, -0.05) is 13.8 Å². The molecule has 1 aliphatic carbocycles. The van der Waals surface area contributed by atoms with Gasteiger partial charge in [-0.3, -0.25) is 0 Å². The van der Waals surface area contributed by atoms with Crippen molar-refractivity contribution in [1.29, 1.82) is 0 Å². The normalized spacial score (nSPS) is 20.5. The van der Waals surface area contributed by atoms with Gasteiger partial charge in [0.1, 0.15) is 5.82 Å². The standard InChI is InChI=1S/C11H17N3/c1-7(2)11-13-9-5-12-6-10(9)14(11)8-3-4-8/h7-8,12H,3-6H2,1-2H3. The van der Waals surface area contributed by atoms with Gasteiger partial charge >= 0.3 is 0 Å². The van der Waals surface area contributed by atoms with E-state index in [1.54, 1.807) is 0 Å². The van der Waals surface area contributed by atoms with E-state index in [2.05, 4.69) is 23.7 Å². The van der Waals surface area contributed by atoms with E-state index in [1.165, 1.54) is 30.1 Å². The minimum absolute atomic E-state index is 0.557. The summed E-state index contributed by atoms with van der Waals surface area (Å²) in [6.45, 7) is 6.47. The van der Waals surface area contributed by atoms with Crippen LogP contribution in [0.5, 0.6) is 0 Å². The molecule has 3 heteroatoms. The largest absolute Gasteiger partial charge is 0.327 e. The number of nitrogens with zero attached hydrogens (tertiary/aromatic N) is 2. The Labute approximate surface area is 84.5 Å². The van der Waals surface area contributed by atoms with E-state index in [1.807, 2.05) is 0 Å². The fraction of sp³-hybridized carbons (Fsp3) is 0.727. The second-order valence-corrected chi connectivity index (χ2v) is 4.72. The van der Waals surface area contributed by atoms with Gasteiger partial charge in [0.15, 0.2) is 0 Å². The van der Waals surface area contributed by atoms with E-state index in [0.29, 0.717) is 5.92 Å². The lowest BCUT2D eigenvalue weighted by molar-refractivity contribution is 0.597. The minimum Gasteiger partial charge on any atom is -0.327 e. The average Bonchev–Trinajstić information content (AvgIpc) is 2.76. The van der Waals surface area contributed by atoms with Crippen molar-refractivity contribution in [3.63, 3.8) is 0 Å². The van der Waals surface area contributed by atoms with Crippen molar-refractivity contribution in [2.45, 2.75) is 51.7 Å². The molecular formula is C11H17N3. The highest BCUT2D eigenvalue weighted by atomic mass is 15.2. The van der Waals surface area contributed by atoms with Gasteiger partial charge in [0.05, 0.1) is 11.4 Å². The highest BCUT2D eigenvalue weighted by molar-refractivity contribution is 5.24. The van der Waals surface area contributed by atoms with Crippen LogP contribution >= 0.6 is 0 Å². The maximum atomic E-state index is 4.75. The molecule has 14 heavy (non-hydrogen) atoms. The SMILES string of the molecule is CC(C)c1nc2c(n1C1CC1)CNC2. The molecule has 76 valence electrons. The molecule has 3 rings (SSSR count). The van der Waals surface area contributed by atoms with Gasteiger partial charge in [-0.2, -0.15) is 0 Å². The van der Waals surface area contributed by atoms with E-state index >= 15 is 0 Å². The Hall–Kier alpha value is -0.830. The number of imidazole rings is 1. The summed E-state index contributed by atoms with van der Waals surface area (Å²) < 4.78 is 2.50. The lowest BCUT2D eigenvalue weighted by Gasteiger charge is -2.11. The first-order valence-electron chi connectivity index (χ1n) is 5.58. The summed E-state index contributed by atoms with van der Waals surface area (Å²) in [6, 6.07) is 0.767. The molecule has 0 aromatic carbocycles. The van der Waals surface area contributed by atoms with Crippen LogP contribution in [0.3, 0.4) is 0 Å². The van der Waals surface area contributed by atoms with Gasteiger partial charge in [-0.05, 0) is 12.8 Å². The number of hydrogen-bond donors (Lipinski definition) is 1. The Kier molecular flexibility index (Phi) is 1.71. The van der Waals surface area contributed by atoms with Crippen molar-refractivity contribution in [2.24, 2.45) is 0 Å². The van der Waals surface area contributed by atoms with Crippen LogP contribution in [-0.4, -0.2) is 9.55 Å². The molecule has 0 spiro atoms. The Morgan fingerprint density at radius 2 is 2.14 bits per heavy atom. The van der Waals surface area contributed by atoms with E-state index in [4.69, 9.17) is 4.98 Å². The van der Waals surface area contributed by atoms with Gasteiger partial charge in [-0.25, -0.2) is 4.98 Å². The van der Waals surface area contributed by atoms with Crippen LogP contribution in [0.25, 0.3) is 0 Å². The van der Waals surface area contributed by atoms with Crippen molar-refractivity contribution in [3.8, 4) is 0 Å². The Morgan fingerprint density at radius 1 is 1.36 bits per heavy atom. The smallest absolute Gasteiger partial charge is 0.112 e. The van der Waals surface area contributed by atoms with Crippen LogP contribution in [0.1, 0.15) is 55.9 Å². The van der Waals surface area contributed by atoms with Gasteiger partial charge in [0, 0.05) is 25.0 Å². The first-order valence-corrected chi connectivity index (χ1v) is 5.58. The summed E-state index contributed by atoms with van der Waals surface area (Å²) in [7, 11) is 0. The monoisotopic (exact) mass is 191 g/mol. The van der Waals surface area contributed by atoms with E-state index in [0.717, 1.165) is 19.1 Å². The maximum absolute atomic E-state index is 4.75. The molecule has 3 nitrogen and oxygen atoms in total. The van der Waals surface area contributed by atoms with Crippen molar-refractivity contribution in [1.82, 2.24) is 14.9 Å². The molecule has 0 unspecified atom stereocenters. The molecule has 0 amide bonds. The molecule has 1 aromatic heterocycles. The molecule has 1 aromatic rings. The summed E-state index contributed by atoms with van der Waals surface area (Å²) in [5, 5.41) is 3.37. The van der Waals surface area contributed by atoms with Crippen LogP contribution < -0.4 is 5.32 Å². The summed E-state index contributed by atoms with van der Waals surface area (Å²) in [5.41, 5.74) is 2.75. The molecule has 0 radical (unpaired) electrons. The fourth-order valence-corrected chi connectivity index (χ4v) is 2.31. The number of rotatable bonds is 2. The van der Waals surface area contributed by atoms with Gasteiger partial charge < -0.3 is 9.88 Å². The summed E-state index contributed by atoms with van der Waals surface area (Å²) in [4.78, 5) is 4.75. The van der Waals surface area contributed by atoms with Crippen LogP contribution in [0.4, 0.5) is 0 Å². The third-order valence-corrected chi connectivity index (χ3v) is 3.13. The molecule has 0 saturated heterocycles. The highest BCUT2D eigenvalue weighted by Gasteiger charge is 2.32. The van der Waals surface area contributed by atoms with Gasteiger partial charge in [0.25, 0.3) is 0 Å². The highest BCUT2D eigenvalue weighted by Crippen LogP contribution is 2.40. The summed E-state index contributed by atoms with van der Waals surface area (Å²) in [6.07, 6.45) is 2.70. The van der Waals surface area contributed by atoms with Gasteiger partial charge in [0.2, 0.25) is 0 Å². The molecule has 1 saturated carbocycles. The van der Waals surface area contributed by atoms with Crippen LogP contribution in [0.2, 0.25) is 0 Å². The Morgan fingerprint density at radius 3 is 2.79 bits per heavy atom. The molecular weight excluding hydrogens is 174 g/mol. The third-order valence-electron chi connectivity index (χ3n) is 3.13. The van der Waals surface area contributed by atoms with Crippen LogP contribution in [0.15, 0.2) is 0 Å². The lowest BCUT2D eigenvalue weighted by atomic mass is 10.2. The average molecular weight is 191 g/mol. The van der Waals surface area contributed by atoms with E-state index < -0.39 is 0 Å². The van der Waals surface area contributed by atoms with Gasteiger partial charge in [-0.15, -0.1) is 0 Å². The van der Waals surface area contributed by atoms with Crippen LogP contribution in [-0.2, 0) is 13.1 Å². The molecule has 0 bridgehead atoms. The predicted molar refractivity (Wildman–Crippen MR) is 55.1 cm³/mol. The zero-order valence-electron chi connectivity index (χ0n) is 8.88.